The Kier molecular flexibility index (Phi) is 7.72. The lowest BCUT2D eigenvalue weighted by Gasteiger charge is -2.27. The maximum Gasteiger partial charge on any atom is 0.472 e. The average Bonchev–Trinajstić information content (AvgIpc) is 3.72. The van der Waals surface area contributed by atoms with Crippen LogP contribution in [-0.4, -0.2) is 98.9 Å². The Morgan fingerprint density at radius 2 is 1.37 bits per heavy atom. The normalized spacial score (nSPS) is 37.1. The highest BCUT2D eigenvalue weighted by atomic mass is 32.5. The SMILES string of the molecule is Nc1nc2c(ccn2[C@@H]2O[C@@H]3COP(O)(=S)OC4C(O)[C@@H](COP(=O)(O)OC3C2O)O[C@H]4n2ccc3c(=O)[nH]c(N)nc32)c(=O)[nH]1. The standard InChI is InChI=1S/C22H26N8O13P2S/c23-21-25-15-7(17(33)27-21)1-3-29(15)19-12(32)13-10(41-19)6-39-45(37,46)43-14-11(31)9(5-38-44(35,36)42-13)40-20(14)30-4-2-8-16(30)26-22(24)28-18(8)34/h1-4,9-14,19-20,31-32H,5-6H2,(H,35,36)(H,37,46)(H3,23,25,27,33)(H3,24,26,28,34)/t9-,10-,11?,12?,13?,14?,19-,20-,45?/m1/s1. The molecule has 10 N–H and O–H groups in total. The molecule has 24 heteroatoms. The van der Waals surface area contributed by atoms with Crippen molar-refractivity contribution >= 4 is 60.3 Å². The topological polar surface area (TPSA) is 307 Å². The zero-order valence-electron chi connectivity index (χ0n) is 23.1. The summed E-state index contributed by atoms with van der Waals surface area (Å²) in [6.07, 6.45) is -9.07. The van der Waals surface area contributed by atoms with Crippen LogP contribution in [-0.2, 0) is 43.9 Å². The number of aromatic amines is 2. The van der Waals surface area contributed by atoms with E-state index in [1.165, 1.54) is 33.7 Å². The Morgan fingerprint density at radius 1 is 0.826 bits per heavy atom. The van der Waals surface area contributed by atoms with Crippen molar-refractivity contribution in [3.8, 4) is 0 Å². The molecule has 10 atom stereocenters. The van der Waals surface area contributed by atoms with Gasteiger partial charge in [-0.1, -0.05) is 0 Å². The van der Waals surface area contributed by atoms with E-state index < -0.39 is 88.0 Å². The highest BCUT2D eigenvalue weighted by Crippen LogP contribution is 2.54. The molecule has 7 heterocycles. The molecule has 248 valence electrons. The maximum atomic E-state index is 13.1. The van der Waals surface area contributed by atoms with Crippen LogP contribution in [0.1, 0.15) is 12.5 Å². The quantitative estimate of drug-likeness (QED) is 0.108. The zero-order chi connectivity index (χ0) is 32.7. The van der Waals surface area contributed by atoms with Gasteiger partial charge in [-0.05, 0) is 23.9 Å². The van der Waals surface area contributed by atoms with Crippen LogP contribution in [0.25, 0.3) is 22.1 Å². The van der Waals surface area contributed by atoms with Crippen LogP contribution in [0.4, 0.5) is 11.9 Å². The summed E-state index contributed by atoms with van der Waals surface area (Å²) < 4.78 is 49.2. The van der Waals surface area contributed by atoms with Gasteiger partial charge < -0.3 is 54.6 Å². The number of H-pyrrole nitrogens is 2. The number of ether oxygens (including phenoxy) is 2. The number of aromatic nitrogens is 6. The van der Waals surface area contributed by atoms with E-state index in [2.05, 4.69) is 19.9 Å². The number of phosphoric ester groups is 1. The first-order chi connectivity index (χ1) is 21.7. The van der Waals surface area contributed by atoms with Gasteiger partial charge >= 0.3 is 14.5 Å². The van der Waals surface area contributed by atoms with Gasteiger partial charge in [0, 0.05) is 12.4 Å². The molecule has 0 saturated carbocycles. The van der Waals surface area contributed by atoms with Crippen molar-refractivity contribution in [2.45, 2.75) is 49.1 Å². The molecule has 0 spiro atoms. The number of nitrogens with one attached hydrogen (secondary N) is 2. The van der Waals surface area contributed by atoms with E-state index in [1.54, 1.807) is 0 Å². The fourth-order valence-corrected chi connectivity index (χ4v) is 8.02. The summed E-state index contributed by atoms with van der Waals surface area (Å²) in [5.41, 5.74) is 10.4. The molecule has 2 bridgehead atoms. The lowest BCUT2D eigenvalue weighted by atomic mass is 10.1. The number of rotatable bonds is 2. The van der Waals surface area contributed by atoms with Gasteiger partial charge in [0.25, 0.3) is 11.1 Å². The van der Waals surface area contributed by atoms with Crippen LogP contribution < -0.4 is 22.6 Å². The summed E-state index contributed by atoms with van der Waals surface area (Å²) in [5.74, 6) is -0.426. The Bertz CT molecular complexity index is 2050. The lowest BCUT2D eigenvalue weighted by molar-refractivity contribution is -0.0634. The lowest BCUT2D eigenvalue weighted by Crippen LogP contribution is -2.36. The van der Waals surface area contributed by atoms with E-state index in [0.29, 0.717) is 0 Å². The first-order valence-corrected chi connectivity index (χ1v) is 17.5. The van der Waals surface area contributed by atoms with Crippen LogP contribution in [0.15, 0.2) is 34.1 Å². The second kappa shape index (κ2) is 11.3. The monoisotopic (exact) mass is 704 g/mol. The smallest absolute Gasteiger partial charge is 0.387 e. The number of hydrogen-bond acceptors (Lipinski definition) is 16. The van der Waals surface area contributed by atoms with E-state index in [4.69, 9.17) is 50.8 Å². The van der Waals surface area contributed by atoms with Gasteiger partial charge in [-0.3, -0.25) is 33.1 Å². The molecule has 0 amide bonds. The first kappa shape index (κ1) is 31.5. The summed E-state index contributed by atoms with van der Waals surface area (Å²) in [6, 6.07) is 2.80. The van der Waals surface area contributed by atoms with Crippen LogP contribution in [0.3, 0.4) is 0 Å². The zero-order valence-corrected chi connectivity index (χ0v) is 25.7. The molecule has 0 aliphatic carbocycles. The van der Waals surface area contributed by atoms with Crippen molar-refractivity contribution in [1.82, 2.24) is 29.1 Å². The molecule has 6 unspecified atom stereocenters. The molecule has 21 nitrogen and oxygen atoms in total. The van der Waals surface area contributed by atoms with E-state index in [-0.39, 0.29) is 34.0 Å². The molecule has 0 aromatic carbocycles. The summed E-state index contributed by atoms with van der Waals surface area (Å²) in [6.45, 7) is -5.69. The minimum absolute atomic E-state index is 0.0311. The van der Waals surface area contributed by atoms with Gasteiger partial charge in [0.2, 0.25) is 11.9 Å². The Hall–Kier alpha value is -3.08. The molecule has 46 heavy (non-hydrogen) atoms. The third kappa shape index (κ3) is 5.50. The van der Waals surface area contributed by atoms with Crippen LogP contribution in [0.2, 0.25) is 0 Å². The Labute approximate surface area is 260 Å². The number of nitrogens with two attached hydrogens (primary N) is 2. The average molecular weight is 705 g/mol. The molecule has 4 aromatic heterocycles. The number of phosphoric acid groups is 1. The van der Waals surface area contributed by atoms with Crippen molar-refractivity contribution in [1.29, 1.82) is 0 Å². The molecule has 0 radical (unpaired) electrons. The summed E-state index contributed by atoms with van der Waals surface area (Å²) in [5, 5.41) is 22.6. The van der Waals surface area contributed by atoms with Crippen molar-refractivity contribution in [3.63, 3.8) is 0 Å². The third-order valence-corrected chi connectivity index (χ3v) is 10.2. The van der Waals surface area contributed by atoms with Gasteiger partial charge in [0.05, 0.1) is 24.0 Å². The number of aliphatic hydroxyl groups is 2. The van der Waals surface area contributed by atoms with Crippen LogP contribution >= 0.6 is 14.5 Å². The Balaban J connectivity index is 1.21. The first-order valence-electron chi connectivity index (χ1n) is 13.4. The highest BCUT2D eigenvalue weighted by Gasteiger charge is 2.53. The maximum absolute atomic E-state index is 13.1. The molecule has 4 aromatic rings. The Morgan fingerprint density at radius 3 is 1.98 bits per heavy atom. The van der Waals surface area contributed by atoms with Gasteiger partial charge in [-0.2, -0.15) is 9.97 Å². The second-order valence-electron chi connectivity index (χ2n) is 10.6. The van der Waals surface area contributed by atoms with Crippen LogP contribution in [0.5, 0.6) is 0 Å². The van der Waals surface area contributed by atoms with E-state index in [1.807, 2.05) is 0 Å². The number of anilines is 2. The molecule has 3 fully saturated rings. The fourth-order valence-electron chi connectivity index (χ4n) is 5.64. The van der Waals surface area contributed by atoms with Crippen molar-refractivity contribution in [3.05, 3.63) is 45.2 Å². The predicted octanol–water partition coefficient (Wildman–Crippen LogP) is -1.72. The summed E-state index contributed by atoms with van der Waals surface area (Å²) >= 11 is 5.22. The van der Waals surface area contributed by atoms with Crippen molar-refractivity contribution in [2.75, 3.05) is 24.7 Å². The van der Waals surface area contributed by atoms with Gasteiger partial charge in [0.15, 0.2) is 23.8 Å². The molecule has 7 rings (SSSR count). The van der Waals surface area contributed by atoms with Gasteiger partial charge in [0.1, 0.15) is 36.6 Å². The van der Waals surface area contributed by atoms with E-state index in [9.17, 15) is 34.2 Å². The number of fused-ring (bicyclic) bond motifs is 5. The van der Waals surface area contributed by atoms with Crippen LogP contribution in [0, 0.1) is 0 Å². The molecule has 3 aliphatic heterocycles. The van der Waals surface area contributed by atoms with Crippen molar-refractivity contribution in [2.24, 2.45) is 0 Å². The van der Waals surface area contributed by atoms with E-state index >= 15 is 0 Å². The van der Waals surface area contributed by atoms with E-state index in [0.717, 1.165) is 0 Å². The minimum Gasteiger partial charge on any atom is -0.387 e. The second-order valence-corrected chi connectivity index (χ2v) is 14.8. The number of aliphatic hydroxyl groups excluding tert-OH is 2. The third-order valence-electron chi connectivity index (χ3n) is 7.68. The molecule has 3 saturated heterocycles. The fraction of sp³-hybridized carbons (Fsp3) is 0.455. The van der Waals surface area contributed by atoms with Gasteiger partial charge in [-0.15, -0.1) is 0 Å². The number of nitrogens with zero attached hydrogens (tertiary/aromatic N) is 4. The highest BCUT2D eigenvalue weighted by molar-refractivity contribution is 8.07. The van der Waals surface area contributed by atoms with Crippen molar-refractivity contribution < 1.29 is 52.1 Å². The molecular weight excluding hydrogens is 678 g/mol. The predicted molar refractivity (Wildman–Crippen MR) is 157 cm³/mol. The number of nitrogen functional groups attached to an aromatic ring is 2. The molecular formula is C22H26N8O13P2S. The summed E-state index contributed by atoms with van der Waals surface area (Å²) in [7, 11) is -5.04. The molecule has 3 aliphatic rings. The largest absolute Gasteiger partial charge is 0.472 e. The van der Waals surface area contributed by atoms with Gasteiger partial charge in [-0.25, -0.2) is 4.57 Å². The minimum atomic E-state index is -5.04. The summed E-state index contributed by atoms with van der Waals surface area (Å²) in [4.78, 5) is 59.3. The number of hydrogen-bond donors (Lipinski definition) is 8.